The molecule has 0 aromatic carbocycles. The highest BCUT2D eigenvalue weighted by molar-refractivity contribution is 7.84. The average Bonchev–Trinajstić information content (AvgIpc) is 3.43. The number of ether oxygens (including phenoxy) is 1. The number of aromatic nitrogens is 3. The van der Waals surface area contributed by atoms with Gasteiger partial charge in [-0.2, -0.15) is 8.42 Å². The minimum atomic E-state index is -4.10. The normalized spacial score (nSPS) is 23.3. The molecule has 14 heteroatoms. The molecule has 0 radical (unpaired) electrons. The molecule has 3 aromatic heterocycles. The van der Waals surface area contributed by atoms with Crippen molar-refractivity contribution in [2.45, 2.75) is 44.4 Å². The molecular formula is C24H26ClN5O6S2. The van der Waals surface area contributed by atoms with E-state index in [-0.39, 0.29) is 30.1 Å². The maximum Gasteiger partial charge on any atom is 0.333 e. The number of aliphatic hydroxyl groups excluding tert-OH is 1. The number of ketones is 1. The fraction of sp³-hybridized carbons (Fsp3) is 0.417. The molecule has 4 heterocycles. The van der Waals surface area contributed by atoms with Gasteiger partial charge in [-0.25, -0.2) is 20.1 Å². The SMILES string of the molecule is Cc1sc(C(=O)c2cncnc2N[C@@H]2C[C@H](COS(N)(=O)=O)[C@@H](O)C2)cc1C1OCCc2cnc(Cl)cc21. The van der Waals surface area contributed by atoms with E-state index in [0.29, 0.717) is 35.3 Å². The number of nitrogens with zero attached hydrogens (tertiary/aromatic N) is 3. The number of aliphatic hydroxyl groups is 1. The number of aryl methyl sites for hydroxylation is 1. The van der Waals surface area contributed by atoms with Crippen LogP contribution < -0.4 is 10.5 Å². The van der Waals surface area contributed by atoms with Crippen LogP contribution in [-0.2, 0) is 25.6 Å². The Hall–Kier alpha value is -2.52. The van der Waals surface area contributed by atoms with E-state index in [1.165, 1.54) is 23.9 Å². The number of hydrogen-bond donors (Lipinski definition) is 3. The number of halogens is 1. The Bertz CT molecular complexity index is 1470. The summed E-state index contributed by atoms with van der Waals surface area (Å²) in [6, 6.07) is 3.39. The Morgan fingerprint density at radius 2 is 2.11 bits per heavy atom. The molecule has 0 bridgehead atoms. The number of anilines is 1. The van der Waals surface area contributed by atoms with E-state index >= 15 is 0 Å². The smallest absolute Gasteiger partial charge is 0.333 e. The fourth-order valence-corrected chi connectivity index (χ4v) is 6.48. The molecule has 1 fully saturated rings. The van der Waals surface area contributed by atoms with Crippen molar-refractivity contribution in [2.24, 2.45) is 11.1 Å². The van der Waals surface area contributed by atoms with Gasteiger partial charge < -0.3 is 15.2 Å². The molecule has 0 spiro atoms. The van der Waals surface area contributed by atoms with Crippen molar-refractivity contribution in [3.8, 4) is 0 Å². The zero-order valence-corrected chi connectivity index (χ0v) is 22.7. The summed E-state index contributed by atoms with van der Waals surface area (Å²) in [5, 5.41) is 18.9. The van der Waals surface area contributed by atoms with Gasteiger partial charge in [-0.3, -0.25) is 8.98 Å². The van der Waals surface area contributed by atoms with Gasteiger partial charge in [-0.1, -0.05) is 11.6 Å². The highest BCUT2D eigenvalue weighted by Gasteiger charge is 2.35. The van der Waals surface area contributed by atoms with Gasteiger partial charge in [0, 0.05) is 29.2 Å². The number of rotatable bonds is 8. The summed E-state index contributed by atoms with van der Waals surface area (Å²) in [6.45, 7) is 2.26. The first-order valence-electron chi connectivity index (χ1n) is 11.9. The maximum atomic E-state index is 13.6. The highest BCUT2D eigenvalue weighted by atomic mass is 35.5. The van der Waals surface area contributed by atoms with Crippen LogP contribution in [0.1, 0.15) is 55.7 Å². The number of carbonyl (C=O) groups is 1. The number of pyridine rings is 1. The van der Waals surface area contributed by atoms with Gasteiger partial charge in [-0.15, -0.1) is 11.3 Å². The fourth-order valence-electron chi connectivity index (χ4n) is 4.95. The first-order chi connectivity index (χ1) is 18.1. The summed E-state index contributed by atoms with van der Waals surface area (Å²) in [5.41, 5.74) is 3.20. The molecule has 0 saturated heterocycles. The lowest BCUT2D eigenvalue weighted by Crippen LogP contribution is -2.24. The van der Waals surface area contributed by atoms with Gasteiger partial charge in [0.15, 0.2) is 0 Å². The lowest BCUT2D eigenvalue weighted by atomic mass is 9.94. The predicted molar refractivity (Wildman–Crippen MR) is 140 cm³/mol. The van der Waals surface area contributed by atoms with Crippen LogP contribution in [0, 0.1) is 12.8 Å². The Morgan fingerprint density at radius 3 is 2.89 bits per heavy atom. The summed E-state index contributed by atoms with van der Waals surface area (Å²) in [6.07, 6.45) is 4.90. The molecule has 3 aromatic rings. The second-order valence-corrected chi connectivity index (χ2v) is 12.2. The van der Waals surface area contributed by atoms with Crippen LogP contribution in [0.25, 0.3) is 0 Å². The first-order valence-corrected chi connectivity index (χ1v) is 14.6. The standard InChI is InChI=1S/C24H26ClN5O6S2/c1-12-16(23-17-7-21(25)28-8-13(17)2-3-35-23)6-20(37-12)22(32)18-9-27-11-29-24(18)30-15-4-14(19(31)5-15)10-36-38(26,33)34/h6-9,11,14-15,19,23,31H,2-5,10H2,1H3,(H2,26,33,34)(H,27,29,30)/t14-,15-,19+,23?/m1/s1. The second-order valence-electron chi connectivity index (χ2n) is 9.36. The minimum Gasteiger partial charge on any atom is -0.393 e. The third-order valence-electron chi connectivity index (χ3n) is 6.79. The Labute approximate surface area is 228 Å². The van der Waals surface area contributed by atoms with E-state index in [0.717, 1.165) is 28.0 Å². The van der Waals surface area contributed by atoms with Crippen molar-refractivity contribution >= 4 is 44.8 Å². The molecule has 202 valence electrons. The van der Waals surface area contributed by atoms with Crippen LogP contribution in [0.4, 0.5) is 5.82 Å². The monoisotopic (exact) mass is 579 g/mol. The molecule has 1 aliphatic carbocycles. The largest absolute Gasteiger partial charge is 0.393 e. The predicted octanol–water partition coefficient (Wildman–Crippen LogP) is 2.56. The van der Waals surface area contributed by atoms with Gasteiger partial charge in [0.2, 0.25) is 5.78 Å². The van der Waals surface area contributed by atoms with Crippen molar-refractivity contribution in [3.63, 3.8) is 0 Å². The van der Waals surface area contributed by atoms with Gasteiger partial charge in [-0.05, 0) is 55.0 Å². The number of fused-ring (bicyclic) bond motifs is 1. The second kappa shape index (κ2) is 10.9. The lowest BCUT2D eigenvalue weighted by Gasteiger charge is -2.26. The number of carbonyl (C=O) groups excluding carboxylic acids is 1. The Balaban J connectivity index is 1.35. The topological polar surface area (TPSA) is 167 Å². The zero-order chi connectivity index (χ0) is 27.0. The van der Waals surface area contributed by atoms with E-state index < -0.39 is 22.3 Å². The summed E-state index contributed by atoms with van der Waals surface area (Å²) in [4.78, 5) is 27.6. The maximum absolute atomic E-state index is 13.6. The lowest BCUT2D eigenvalue weighted by molar-refractivity contribution is 0.0695. The summed E-state index contributed by atoms with van der Waals surface area (Å²) in [5.74, 6) is -0.347. The molecule has 5 rings (SSSR count). The Kier molecular flexibility index (Phi) is 7.78. The molecule has 38 heavy (non-hydrogen) atoms. The molecule has 1 saturated carbocycles. The van der Waals surface area contributed by atoms with Crippen molar-refractivity contribution in [1.29, 1.82) is 0 Å². The van der Waals surface area contributed by atoms with Crippen molar-refractivity contribution in [3.05, 3.63) is 68.0 Å². The van der Waals surface area contributed by atoms with Crippen LogP contribution >= 0.6 is 22.9 Å². The van der Waals surface area contributed by atoms with E-state index in [1.54, 1.807) is 6.20 Å². The van der Waals surface area contributed by atoms with Crippen LogP contribution in [0.5, 0.6) is 0 Å². The average molecular weight is 580 g/mol. The Morgan fingerprint density at radius 1 is 1.29 bits per heavy atom. The molecule has 2 aliphatic rings. The van der Waals surface area contributed by atoms with Crippen LogP contribution in [0.3, 0.4) is 0 Å². The number of nitrogens with two attached hydrogens (primary N) is 1. The van der Waals surface area contributed by atoms with Crippen molar-refractivity contribution in [2.75, 3.05) is 18.5 Å². The quantitative estimate of drug-likeness (QED) is 0.266. The third kappa shape index (κ3) is 5.88. The molecule has 1 unspecified atom stereocenters. The van der Waals surface area contributed by atoms with Gasteiger partial charge in [0.1, 0.15) is 23.4 Å². The van der Waals surface area contributed by atoms with E-state index in [4.69, 9.17) is 21.5 Å². The van der Waals surface area contributed by atoms with Crippen molar-refractivity contribution in [1.82, 2.24) is 15.0 Å². The number of nitrogens with one attached hydrogen (secondary N) is 1. The molecule has 0 amide bonds. The molecule has 11 nitrogen and oxygen atoms in total. The number of hydrogen-bond acceptors (Lipinski definition) is 11. The van der Waals surface area contributed by atoms with Crippen LogP contribution in [-0.4, -0.2) is 59.6 Å². The first kappa shape index (κ1) is 27.1. The third-order valence-corrected chi connectivity index (χ3v) is 8.53. The van der Waals surface area contributed by atoms with Crippen molar-refractivity contribution < 1.29 is 27.2 Å². The highest BCUT2D eigenvalue weighted by Crippen LogP contribution is 2.39. The summed E-state index contributed by atoms with van der Waals surface area (Å²) < 4.78 is 33.0. The van der Waals surface area contributed by atoms with Gasteiger partial charge in [0.25, 0.3) is 0 Å². The minimum absolute atomic E-state index is 0.224. The number of thiophene rings is 1. The summed E-state index contributed by atoms with van der Waals surface area (Å²) in [7, 11) is -4.10. The van der Waals surface area contributed by atoms with Crippen LogP contribution in [0.2, 0.25) is 5.15 Å². The van der Waals surface area contributed by atoms with Gasteiger partial charge in [0.05, 0.1) is 29.8 Å². The molecule has 4 atom stereocenters. The molecule has 4 N–H and O–H groups in total. The summed E-state index contributed by atoms with van der Waals surface area (Å²) >= 11 is 7.52. The van der Waals surface area contributed by atoms with Gasteiger partial charge >= 0.3 is 10.3 Å². The van der Waals surface area contributed by atoms with E-state index in [1.807, 2.05) is 19.1 Å². The molecular weight excluding hydrogens is 554 g/mol. The van der Waals surface area contributed by atoms with E-state index in [9.17, 15) is 18.3 Å². The van der Waals surface area contributed by atoms with Crippen LogP contribution in [0.15, 0.2) is 30.9 Å². The zero-order valence-electron chi connectivity index (χ0n) is 20.3. The molecule has 1 aliphatic heterocycles. The van der Waals surface area contributed by atoms with E-state index in [2.05, 4.69) is 24.5 Å².